The lowest BCUT2D eigenvalue weighted by Gasteiger charge is -2.14. The first-order valence-corrected chi connectivity index (χ1v) is 7.05. The summed E-state index contributed by atoms with van der Waals surface area (Å²) in [5.74, 6) is 0.493. The molecule has 1 aromatic carbocycles. The Kier molecular flexibility index (Phi) is 4.36. The molecule has 1 rings (SSSR count). The van der Waals surface area contributed by atoms with E-state index in [1.165, 1.54) is 12.1 Å². The molecule has 0 spiro atoms. The molecule has 5 N–H and O–H groups in total. The quantitative estimate of drug-likeness (QED) is 0.694. The fourth-order valence-corrected chi connectivity index (χ4v) is 1.83. The number of nitrogens with two attached hydrogens (primary N) is 2. The molecular formula is C11H19N3O2S. The van der Waals surface area contributed by atoms with E-state index in [4.69, 9.17) is 10.9 Å². The Morgan fingerprint density at radius 3 is 2.59 bits per heavy atom. The van der Waals surface area contributed by atoms with Crippen molar-refractivity contribution in [1.29, 1.82) is 0 Å². The third-order valence-corrected chi connectivity index (χ3v) is 3.60. The van der Waals surface area contributed by atoms with Crippen molar-refractivity contribution in [3.8, 4) is 0 Å². The molecule has 0 fully saturated rings. The van der Waals surface area contributed by atoms with Crippen LogP contribution in [-0.2, 0) is 10.0 Å². The summed E-state index contributed by atoms with van der Waals surface area (Å²) in [6.45, 7) is 4.94. The van der Waals surface area contributed by atoms with Gasteiger partial charge >= 0.3 is 0 Å². The number of rotatable bonds is 5. The summed E-state index contributed by atoms with van der Waals surface area (Å²) in [5, 5.41) is 8.19. The third-order valence-electron chi connectivity index (χ3n) is 2.69. The highest BCUT2D eigenvalue weighted by atomic mass is 32.2. The van der Waals surface area contributed by atoms with Crippen LogP contribution in [0.2, 0.25) is 0 Å². The predicted molar refractivity (Wildman–Crippen MR) is 70.2 cm³/mol. The molecule has 6 heteroatoms. The number of anilines is 2. The second-order valence-electron chi connectivity index (χ2n) is 4.19. The van der Waals surface area contributed by atoms with Gasteiger partial charge in [-0.3, -0.25) is 0 Å². The highest BCUT2D eigenvalue weighted by Crippen LogP contribution is 2.22. The molecule has 96 valence electrons. The molecule has 0 aliphatic heterocycles. The Hall–Kier alpha value is -1.27. The van der Waals surface area contributed by atoms with Gasteiger partial charge in [-0.15, -0.1) is 0 Å². The Balaban J connectivity index is 2.92. The molecule has 0 saturated carbocycles. The second-order valence-corrected chi connectivity index (χ2v) is 5.75. The van der Waals surface area contributed by atoms with E-state index in [-0.39, 0.29) is 4.90 Å². The molecular weight excluding hydrogens is 238 g/mol. The normalized spacial score (nSPS) is 13.4. The summed E-state index contributed by atoms with van der Waals surface area (Å²) >= 11 is 0. The Morgan fingerprint density at radius 1 is 1.41 bits per heavy atom. The maximum atomic E-state index is 11.2. The van der Waals surface area contributed by atoms with Gasteiger partial charge in [-0.05, 0) is 24.1 Å². The largest absolute Gasteiger partial charge is 0.397 e. The van der Waals surface area contributed by atoms with Gasteiger partial charge in [0.15, 0.2) is 0 Å². The topological polar surface area (TPSA) is 98.2 Å². The van der Waals surface area contributed by atoms with Gasteiger partial charge in [-0.2, -0.15) is 0 Å². The highest BCUT2D eigenvalue weighted by molar-refractivity contribution is 7.89. The molecule has 0 heterocycles. The predicted octanol–water partition coefficient (Wildman–Crippen LogP) is 1.37. The number of hydrogen-bond donors (Lipinski definition) is 3. The van der Waals surface area contributed by atoms with Crippen LogP contribution in [0.3, 0.4) is 0 Å². The summed E-state index contributed by atoms with van der Waals surface area (Å²) < 4.78 is 22.4. The summed E-state index contributed by atoms with van der Waals surface area (Å²) in [4.78, 5) is 0.0679. The van der Waals surface area contributed by atoms with Crippen LogP contribution in [0, 0.1) is 5.92 Å². The molecule has 0 aliphatic rings. The average Bonchev–Trinajstić information content (AvgIpc) is 2.26. The number of hydrogen-bond acceptors (Lipinski definition) is 4. The minimum atomic E-state index is -3.68. The molecule has 5 nitrogen and oxygen atoms in total. The van der Waals surface area contributed by atoms with E-state index in [0.717, 1.165) is 13.0 Å². The molecule has 1 atom stereocenters. The van der Waals surface area contributed by atoms with Crippen molar-refractivity contribution in [3.63, 3.8) is 0 Å². The van der Waals surface area contributed by atoms with Gasteiger partial charge in [0.05, 0.1) is 16.3 Å². The lowest BCUT2D eigenvalue weighted by atomic mass is 10.1. The Bertz CT molecular complexity index is 485. The molecule has 0 aromatic heterocycles. The summed E-state index contributed by atoms with van der Waals surface area (Å²) in [6, 6.07) is 4.41. The minimum Gasteiger partial charge on any atom is -0.397 e. The van der Waals surface area contributed by atoms with E-state index in [2.05, 4.69) is 19.2 Å². The zero-order chi connectivity index (χ0) is 13.1. The van der Waals surface area contributed by atoms with Crippen LogP contribution in [0.15, 0.2) is 23.1 Å². The van der Waals surface area contributed by atoms with Crippen LogP contribution in [0.5, 0.6) is 0 Å². The van der Waals surface area contributed by atoms with Crippen molar-refractivity contribution < 1.29 is 8.42 Å². The van der Waals surface area contributed by atoms with Crippen LogP contribution in [0.4, 0.5) is 11.4 Å². The van der Waals surface area contributed by atoms with Gasteiger partial charge < -0.3 is 11.1 Å². The van der Waals surface area contributed by atoms with Crippen LogP contribution < -0.4 is 16.2 Å². The molecule has 0 aliphatic carbocycles. The zero-order valence-corrected chi connectivity index (χ0v) is 10.9. The summed E-state index contributed by atoms with van der Waals surface area (Å²) in [5.41, 5.74) is 6.88. The van der Waals surface area contributed by atoms with Crippen LogP contribution in [0.1, 0.15) is 20.3 Å². The fourth-order valence-electron chi connectivity index (χ4n) is 1.29. The van der Waals surface area contributed by atoms with E-state index in [0.29, 0.717) is 17.3 Å². The van der Waals surface area contributed by atoms with E-state index in [1.54, 1.807) is 6.07 Å². The lowest BCUT2D eigenvalue weighted by Crippen LogP contribution is -2.15. The zero-order valence-electron chi connectivity index (χ0n) is 10.1. The van der Waals surface area contributed by atoms with Crippen molar-refractivity contribution in [2.45, 2.75) is 25.2 Å². The average molecular weight is 257 g/mol. The smallest absolute Gasteiger partial charge is 0.238 e. The first kappa shape index (κ1) is 13.8. The minimum absolute atomic E-state index is 0.0679. The number of benzene rings is 1. The molecule has 0 amide bonds. The van der Waals surface area contributed by atoms with Gasteiger partial charge in [0.25, 0.3) is 0 Å². The molecule has 17 heavy (non-hydrogen) atoms. The van der Waals surface area contributed by atoms with Crippen molar-refractivity contribution in [2.75, 3.05) is 17.6 Å². The standard InChI is InChI=1S/C11H19N3O2S/c1-3-8(2)7-14-11-6-9(17(13,15)16)4-5-10(11)12/h4-6,8,14H,3,7,12H2,1-2H3,(H2,13,15,16). The van der Waals surface area contributed by atoms with Crippen molar-refractivity contribution in [1.82, 2.24) is 0 Å². The number of primary sulfonamides is 1. The van der Waals surface area contributed by atoms with Crippen LogP contribution in [0.25, 0.3) is 0 Å². The van der Waals surface area contributed by atoms with E-state index in [1.807, 2.05) is 0 Å². The lowest BCUT2D eigenvalue weighted by molar-refractivity contribution is 0.593. The molecule has 0 radical (unpaired) electrons. The highest BCUT2D eigenvalue weighted by Gasteiger charge is 2.10. The molecule has 0 bridgehead atoms. The summed E-state index contributed by atoms with van der Waals surface area (Å²) in [6.07, 6.45) is 1.04. The van der Waals surface area contributed by atoms with Crippen molar-refractivity contribution >= 4 is 21.4 Å². The SMILES string of the molecule is CCC(C)CNc1cc(S(N)(=O)=O)ccc1N. The van der Waals surface area contributed by atoms with Gasteiger partial charge in [0, 0.05) is 6.54 Å². The second kappa shape index (κ2) is 5.37. The van der Waals surface area contributed by atoms with Crippen molar-refractivity contribution in [3.05, 3.63) is 18.2 Å². The van der Waals surface area contributed by atoms with Crippen LogP contribution >= 0.6 is 0 Å². The van der Waals surface area contributed by atoms with Gasteiger partial charge in [0.1, 0.15) is 0 Å². The van der Waals surface area contributed by atoms with Gasteiger partial charge in [-0.1, -0.05) is 20.3 Å². The monoisotopic (exact) mass is 257 g/mol. The van der Waals surface area contributed by atoms with E-state index < -0.39 is 10.0 Å². The summed E-state index contributed by atoms with van der Waals surface area (Å²) in [7, 11) is -3.68. The van der Waals surface area contributed by atoms with Gasteiger partial charge in [-0.25, -0.2) is 13.6 Å². The number of sulfonamides is 1. The maximum absolute atomic E-state index is 11.2. The molecule has 1 aromatic rings. The Labute approximate surface area is 102 Å². The van der Waals surface area contributed by atoms with Crippen LogP contribution in [-0.4, -0.2) is 15.0 Å². The third kappa shape index (κ3) is 3.90. The molecule has 0 saturated heterocycles. The number of nitrogen functional groups attached to an aromatic ring is 1. The Morgan fingerprint density at radius 2 is 2.06 bits per heavy atom. The first-order chi connectivity index (χ1) is 7.84. The first-order valence-electron chi connectivity index (χ1n) is 5.50. The van der Waals surface area contributed by atoms with Crippen molar-refractivity contribution in [2.24, 2.45) is 11.1 Å². The number of nitrogens with one attached hydrogen (secondary N) is 1. The van der Waals surface area contributed by atoms with Gasteiger partial charge in [0.2, 0.25) is 10.0 Å². The van der Waals surface area contributed by atoms with E-state index in [9.17, 15) is 8.42 Å². The van der Waals surface area contributed by atoms with E-state index >= 15 is 0 Å². The maximum Gasteiger partial charge on any atom is 0.238 e. The fraction of sp³-hybridized carbons (Fsp3) is 0.455. The molecule has 1 unspecified atom stereocenters.